The lowest BCUT2D eigenvalue weighted by Crippen LogP contribution is -2.11. The third-order valence-corrected chi connectivity index (χ3v) is 3.89. The third kappa shape index (κ3) is 4.24. The normalized spacial score (nSPS) is 10.4. The topological polar surface area (TPSA) is 35.5 Å². The van der Waals surface area contributed by atoms with Crippen molar-refractivity contribution in [1.82, 2.24) is 0 Å². The zero-order valence-electron chi connectivity index (χ0n) is 12.4. The highest BCUT2D eigenvalue weighted by Crippen LogP contribution is 2.31. The molecule has 0 fully saturated rings. The Kier molecular flexibility index (Phi) is 5.86. The minimum Gasteiger partial charge on any atom is -0.490 e. The summed E-state index contributed by atoms with van der Waals surface area (Å²) < 4.78 is 12.0. The number of hydrogen-bond donors (Lipinski definition) is 0. The standard InChI is InChI=1S/C17H16BrClO3/c1-11-3-4-16(12(2)7-11)21-5-6-22-17-13(10-20)8-14(19)9-15(17)18/h3-4,7-10H,5-6H2,1-2H3. The molecule has 2 rings (SSSR count). The van der Waals surface area contributed by atoms with Gasteiger partial charge in [0.2, 0.25) is 0 Å². The number of hydrogen-bond acceptors (Lipinski definition) is 3. The SMILES string of the molecule is Cc1ccc(OCCOc2c(Br)cc(Cl)cc2C=O)c(C)c1. The number of carbonyl (C=O) groups excluding carboxylic acids is 1. The van der Waals surface area contributed by atoms with E-state index in [4.69, 9.17) is 21.1 Å². The Labute approximate surface area is 143 Å². The van der Waals surface area contributed by atoms with E-state index in [9.17, 15) is 4.79 Å². The van der Waals surface area contributed by atoms with E-state index in [1.807, 2.05) is 26.0 Å². The van der Waals surface area contributed by atoms with Gasteiger partial charge in [0.25, 0.3) is 0 Å². The van der Waals surface area contributed by atoms with Gasteiger partial charge in [0.05, 0.1) is 10.0 Å². The van der Waals surface area contributed by atoms with Gasteiger partial charge in [-0.1, -0.05) is 29.3 Å². The Hall–Kier alpha value is -1.52. The summed E-state index contributed by atoms with van der Waals surface area (Å²) in [5, 5.41) is 0.479. The van der Waals surface area contributed by atoms with Crippen LogP contribution < -0.4 is 9.47 Å². The molecule has 116 valence electrons. The molecule has 0 N–H and O–H groups in total. The maximum atomic E-state index is 11.1. The molecule has 2 aromatic rings. The van der Waals surface area contributed by atoms with Gasteiger partial charge in [-0.25, -0.2) is 0 Å². The van der Waals surface area contributed by atoms with E-state index in [0.29, 0.717) is 34.0 Å². The van der Waals surface area contributed by atoms with E-state index in [0.717, 1.165) is 17.6 Å². The van der Waals surface area contributed by atoms with Crippen LogP contribution in [0.2, 0.25) is 5.02 Å². The molecule has 0 saturated carbocycles. The number of halogens is 2. The second kappa shape index (κ2) is 7.65. The minimum atomic E-state index is 0.328. The van der Waals surface area contributed by atoms with Gasteiger partial charge in [0.1, 0.15) is 24.7 Å². The summed E-state index contributed by atoms with van der Waals surface area (Å²) in [6.45, 7) is 4.76. The maximum Gasteiger partial charge on any atom is 0.153 e. The van der Waals surface area contributed by atoms with Crippen molar-refractivity contribution in [2.45, 2.75) is 13.8 Å². The van der Waals surface area contributed by atoms with E-state index in [-0.39, 0.29) is 0 Å². The van der Waals surface area contributed by atoms with Gasteiger partial charge < -0.3 is 9.47 Å². The summed E-state index contributed by atoms with van der Waals surface area (Å²) in [5.74, 6) is 1.31. The molecule has 0 bridgehead atoms. The highest BCUT2D eigenvalue weighted by Gasteiger charge is 2.10. The van der Waals surface area contributed by atoms with E-state index < -0.39 is 0 Å². The number of aryl methyl sites for hydroxylation is 2. The molecule has 0 unspecified atom stereocenters. The van der Waals surface area contributed by atoms with Crippen molar-refractivity contribution in [3.05, 3.63) is 56.5 Å². The molecule has 0 saturated heterocycles. The van der Waals surface area contributed by atoms with Crippen molar-refractivity contribution >= 4 is 33.8 Å². The monoisotopic (exact) mass is 382 g/mol. The first kappa shape index (κ1) is 16.8. The molecule has 22 heavy (non-hydrogen) atoms. The first-order valence-electron chi connectivity index (χ1n) is 6.78. The second-order valence-electron chi connectivity index (χ2n) is 4.89. The molecule has 2 aromatic carbocycles. The summed E-state index contributed by atoms with van der Waals surface area (Å²) in [6.07, 6.45) is 0.719. The molecular weight excluding hydrogens is 368 g/mol. The van der Waals surface area contributed by atoms with Gasteiger partial charge in [0.15, 0.2) is 6.29 Å². The average molecular weight is 384 g/mol. The predicted octanol–water partition coefficient (Wildman–Crippen LogP) is 4.99. The van der Waals surface area contributed by atoms with Crippen LogP contribution in [0.25, 0.3) is 0 Å². The molecular formula is C17H16BrClO3. The average Bonchev–Trinajstić information content (AvgIpc) is 2.46. The second-order valence-corrected chi connectivity index (χ2v) is 6.18. The number of aldehydes is 1. The van der Waals surface area contributed by atoms with Crippen LogP contribution in [-0.4, -0.2) is 19.5 Å². The molecule has 5 heteroatoms. The van der Waals surface area contributed by atoms with Gasteiger partial charge >= 0.3 is 0 Å². The van der Waals surface area contributed by atoms with E-state index in [1.54, 1.807) is 12.1 Å². The van der Waals surface area contributed by atoms with Gasteiger partial charge in [0, 0.05) is 5.02 Å². The Morgan fingerprint density at radius 3 is 2.55 bits per heavy atom. The molecule has 0 aliphatic carbocycles. The minimum absolute atomic E-state index is 0.328. The third-order valence-electron chi connectivity index (χ3n) is 3.08. The molecule has 0 amide bonds. The van der Waals surface area contributed by atoms with Gasteiger partial charge in [-0.3, -0.25) is 4.79 Å². The van der Waals surface area contributed by atoms with Crippen LogP contribution in [0.3, 0.4) is 0 Å². The van der Waals surface area contributed by atoms with Crippen LogP contribution in [0.15, 0.2) is 34.8 Å². The van der Waals surface area contributed by atoms with Gasteiger partial charge in [-0.05, 0) is 53.5 Å². The van der Waals surface area contributed by atoms with Crippen molar-refractivity contribution in [3.8, 4) is 11.5 Å². The Balaban J connectivity index is 1.96. The Bertz CT molecular complexity index is 686. The lowest BCUT2D eigenvalue weighted by atomic mass is 10.1. The smallest absolute Gasteiger partial charge is 0.153 e. The summed E-state index contributed by atoms with van der Waals surface area (Å²) in [7, 11) is 0. The highest BCUT2D eigenvalue weighted by molar-refractivity contribution is 9.10. The van der Waals surface area contributed by atoms with Crippen molar-refractivity contribution in [3.63, 3.8) is 0 Å². The quantitative estimate of drug-likeness (QED) is 0.521. The van der Waals surface area contributed by atoms with Gasteiger partial charge in [-0.15, -0.1) is 0 Å². The molecule has 0 radical (unpaired) electrons. The first-order valence-corrected chi connectivity index (χ1v) is 7.95. The molecule has 0 spiro atoms. The van der Waals surface area contributed by atoms with Crippen molar-refractivity contribution in [2.24, 2.45) is 0 Å². The van der Waals surface area contributed by atoms with Crippen LogP contribution >= 0.6 is 27.5 Å². The lowest BCUT2D eigenvalue weighted by molar-refractivity contribution is 0.111. The first-order chi connectivity index (χ1) is 10.5. The van der Waals surface area contributed by atoms with Gasteiger partial charge in [-0.2, -0.15) is 0 Å². The zero-order chi connectivity index (χ0) is 16.1. The van der Waals surface area contributed by atoms with Crippen LogP contribution in [0.5, 0.6) is 11.5 Å². The fourth-order valence-electron chi connectivity index (χ4n) is 2.08. The van der Waals surface area contributed by atoms with E-state index in [2.05, 4.69) is 22.0 Å². The fraction of sp³-hybridized carbons (Fsp3) is 0.235. The van der Waals surface area contributed by atoms with Crippen molar-refractivity contribution in [1.29, 1.82) is 0 Å². The predicted molar refractivity (Wildman–Crippen MR) is 91.4 cm³/mol. The van der Waals surface area contributed by atoms with Crippen LogP contribution in [0.1, 0.15) is 21.5 Å². The van der Waals surface area contributed by atoms with E-state index in [1.165, 1.54) is 5.56 Å². The van der Waals surface area contributed by atoms with Crippen LogP contribution in [0, 0.1) is 13.8 Å². The number of rotatable bonds is 6. The summed E-state index contributed by atoms with van der Waals surface area (Å²) >= 11 is 9.25. The van der Waals surface area contributed by atoms with Crippen LogP contribution in [0.4, 0.5) is 0 Å². The summed E-state index contributed by atoms with van der Waals surface area (Å²) in [4.78, 5) is 11.1. The van der Waals surface area contributed by atoms with Crippen molar-refractivity contribution in [2.75, 3.05) is 13.2 Å². The summed E-state index contributed by atoms with van der Waals surface area (Å²) in [5.41, 5.74) is 2.69. The van der Waals surface area contributed by atoms with E-state index >= 15 is 0 Å². The van der Waals surface area contributed by atoms with Crippen LogP contribution in [-0.2, 0) is 0 Å². The lowest BCUT2D eigenvalue weighted by Gasteiger charge is -2.13. The number of benzene rings is 2. The zero-order valence-corrected chi connectivity index (χ0v) is 14.7. The largest absolute Gasteiger partial charge is 0.490 e. The maximum absolute atomic E-state index is 11.1. The molecule has 0 heterocycles. The molecule has 0 atom stereocenters. The Morgan fingerprint density at radius 2 is 1.86 bits per heavy atom. The summed E-state index contributed by atoms with van der Waals surface area (Å²) in [6, 6.07) is 9.27. The Morgan fingerprint density at radius 1 is 1.14 bits per heavy atom. The number of ether oxygens (including phenoxy) is 2. The molecule has 3 nitrogen and oxygen atoms in total. The molecule has 0 aliphatic rings. The number of carbonyl (C=O) groups is 1. The van der Waals surface area contributed by atoms with Crippen molar-refractivity contribution < 1.29 is 14.3 Å². The fourth-order valence-corrected chi connectivity index (χ4v) is 3.03. The molecule has 0 aromatic heterocycles. The highest BCUT2D eigenvalue weighted by atomic mass is 79.9. The molecule has 0 aliphatic heterocycles.